The summed E-state index contributed by atoms with van der Waals surface area (Å²) in [5.74, 6) is -1.13. The molecule has 1 aliphatic rings. The van der Waals surface area contributed by atoms with Gasteiger partial charge in [0.25, 0.3) is 0 Å². The molecule has 0 saturated carbocycles. The van der Waals surface area contributed by atoms with Crippen LogP contribution in [0.5, 0.6) is 0 Å². The third kappa shape index (κ3) is 6.57. The van der Waals surface area contributed by atoms with Crippen molar-refractivity contribution < 1.29 is 9.59 Å². The average molecular weight is 396 g/mol. The van der Waals surface area contributed by atoms with E-state index in [-0.39, 0.29) is 12.1 Å². The van der Waals surface area contributed by atoms with E-state index in [9.17, 15) is 9.59 Å². The highest BCUT2D eigenvalue weighted by Gasteiger charge is 2.31. The Bertz CT molecular complexity index is 585. The average Bonchev–Trinajstić information content (AvgIpc) is 3.16. The summed E-state index contributed by atoms with van der Waals surface area (Å²) in [5, 5.41) is 7.65. The van der Waals surface area contributed by atoms with E-state index in [1.54, 1.807) is 11.3 Å². The molecule has 0 radical (unpaired) electrons. The number of amides is 2. The molecule has 1 fully saturated rings. The Balaban J connectivity index is 1.97. The van der Waals surface area contributed by atoms with E-state index >= 15 is 0 Å². The van der Waals surface area contributed by atoms with Gasteiger partial charge in [0.1, 0.15) is 0 Å². The standard InChI is InChI=1S/C19H33N5O2S/c1-5-23-10-12-24(13-11-23)17(16-7-6-14-27-16)15(2)21-19(26)18(25)20-8-9-22(3)4/h6-7,14-15,17H,5,8-13H2,1-4H3,(H,20,25)(H,21,26). The maximum atomic E-state index is 12.3. The number of likely N-dealkylation sites (N-methyl/N-ethyl adjacent to an activating group) is 2. The Hall–Kier alpha value is -1.48. The second kappa shape index (κ2) is 10.8. The Kier molecular flexibility index (Phi) is 8.69. The molecule has 27 heavy (non-hydrogen) atoms. The van der Waals surface area contributed by atoms with Crippen LogP contribution >= 0.6 is 11.3 Å². The molecule has 2 atom stereocenters. The van der Waals surface area contributed by atoms with Gasteiger partial charge in [-0.25, -0.2) is 0 Å². The SMILES string of the molecule is CCN1CCN(C(c2cccs2)C(C)NC(=O)C(=O)NCCN(C)C)CC1. The highest BCUT2D eigenvalue weighted by atomic mass is 32.1. The molecule has 152 valence electrons. The van der Waals surface area contributed by atoms with E-state index in [1.807, 2.05) is 32.0 Å². The lowest BCUT2D eigenvalue weighted by Crippen LogP contribution is -2.53. The minimum absolute atomic E-state index is 0.0857. The lowest BCUT2D eigenvalue weighted by molar-refractivity contribution is -0.139. The zero-order valence-corrected chi connectivity index (χ0v) is 17.7. The molecule has 1 aromatic rings. The van der Waals surface area contributed by atoms with Crippen molar-refractivity contribution in [3.63, 3.8) is 0 Å². The first-order chi connectivity index (χ1) is 12.9. The molecule has 1 saturated heterocycles. The first kappa shape index (κ1) is 21.8. The number of carbonyl (C=O) groups is 2. The first-order valence-corrected chi connectivity index (χ1v) is 10.5. The van der Waals surface area contributed by atoms with Gasteiger partial charge in [-0.05, 0) is 39.0 Å². The highest BCUT2D eigenvalue weighted by molar-refractivity contribution is 7.10. The van der Waals surface area contributed by atoms with E-state index in [1.165, 1.54) is 4.88 Å². The lowest BCUT2D eigenvalue weighted by atomic mass is 10.0. The summed E-state index contributed by atoms with van der Waals surface area (Å²) in [6, 6.07) is 4.09. The predicted octanol–water partition coefficient (Wildman–Crippen LogP) is 0.609. The second-order valence-corrected chi connectivity index (χ2v) is 8.23. The fraction of sp³-hybridized carbons (Fsp3) is 0.684. The van der Waals surface area contributed by atoms with Gasteiger partial charge in [-0.15, -0.1) is 11.3 Å². The molecular weight excluding hydrogens is 362 g/mol. The molecule has 0 aromatic carbocycles. The van der Waals surface area contributed by atoms with Crippen LogP contribution in [0.15, 0.2) is 17.5 Å². The molecule has 1 aliphatic heterocycles. The van der Waals surface area contributed by atoms with E-state index in [4.69, 9.17) is 0 Å². The summed E-state index contributed by atoms with van der Waals surface area (Å²) in [5.41, 5.74) is 0. The molecule has 0 spiro atoms. The summed E-state index contributed by atoms with van der Waals surface area (Å²) < 4.78 is 0. The minimum atomic E-state index is -0.565. The van der Waals surface area contributed by atoms with Crippen molar-refractivity contribution in [2.45, 2.75) is 25.9 Å². The third-order valence-corrected chi connectivity index (χ3v) is 5.91. The molecule has 2 amide bonds. The molecule has 0 bridgehead atoms. The van der Waals surface area contributed by atoms with Crippen molar-refractivity contribution in [1.29, 1.82) is 0 Å². The van der Waals surface area contributed by atoms with Gasteiger partial charge in [0, 0.05) is 50.2 Å². The first-order valence-electron chi connectivity index (χ1n) is 9.65. The topological polar surface area (TPSA) is 67.9 Å². The normalized spacial score (nSPS) is 18.3. The molecule has 1 aromatic heterocycles. The summed E-state index contributed by atoms with van der Waals surface area (Å²) in [6.45, 7) is 10.4. The molecule has 0 aliphatic carbocycles. The number of hydrogen-bond acceptors (Lipinski definition) is 6. The van der Waals surface area contributed by atoms with Gasteiger partial charge in [-0.3, -0.25) is 14.5 Å². The summed E-state index contributed by atoms with van der Waals surface area (Å²) in [4.78, 5) is 32.4. The number of carbonyl (C=O) groups excluding carboxylic acids is 2. The van der Waals surface area contributed by atoms with E-state index in [0.29, 0.717) is 13.1 Å². The smallest absolute Gasteiger partial charge is 0.309 e. The van der Waals surface area contributed by atoms with Crippen molar-refractivity contribution in [3.05, 3.63) is 22.4 Å². The van der Waals surface area contributed by atoms with Gasteiger partial charge < -0.3 is 20.4 Å². The molecule has 2 unspecified atom stereocenters. The zero-order valence-electron chi connectivity index (χ0n) is 16.9. The molecule has 8 heteroatoms. The number of piperazine rings is 1. The maximum absolute atomic E-state index is 12.3. The van der Waals surface area contributed by atoms with E-state index in [0.717, 1.165) is 32.7 Å². The lowest BCUT2D eigenvalue weighted by Gasteiger charge is -2.41. The fourth-order valence-electron chi connectivity index (χ4n) is 3.38. The van der Waals surface area contributed by atoms with Crippen LogP contribution in [-0.2, 0) is 9.59 Å². The maximum Gasteiger partial charge on any atom is 0.309 e. The van der Waals surface area contributed by atoms with Crippen LogP contribution in [0.25, 0.3) is 0 Å². The highest BCUT2D eigenvalue weighted by Crippen LogP contribution is 2.29. The monoisotopic (exact) mass is 395 g/mol. The van der Waals surface area contributed by atoms with Crippen LogP contribution in [0, 0.1) is 0 Å². The molecular formula is C19H33N5O2S. The number of hydrogen-bond donors (Lipinski definition) is 2. The van der Waals surface area contributed by atoms with Crippen LogP contribution < -0.4 is 10.6 Å². The van der Waals surface area contributed by atoms with Crippen LogP contribution in [0.1, 0.15) is 24.8 Å². The largest absolute Gasteiger partial charge is 0.347 e. The second-order valence-electron chi connectivity index (χ2n) is 7.25. The van der Waals surface area contributed by atoms with Crippen molar-refractivity contribution in [2.75, 3.05) is 59.9 Å². The van der Waals surface area contributed by atoms with Gasteiger partial charge >= 0.3 is 11.8 Å². The van der Waals surface area contributed by atoms with E-state index in [2.05, 4.69) is 38.8 Å². The van der Waals surface area contributed by atoms with Crippen LogP contribution in [-0.4, -0.2) is 92.5 Å². The fourth-order valence-corrected chi connectivity index (χ4v) is 4.35. The summed E-state index contributed by atoms with van der Waals surface area (Å²) >= 11 is 1.70. The van der Waals surface area contributed by atoms with Crippen LogP contribution in [0.4, 0.5) is 0 Å². The van der Waals surface area contributed by atoms with Crippen LogP contribution in [0.3, 0.4) is 0 Å². The van der Waals surface area contributed by atoms with Crippen LogP contribution in [0.2, 0.25) is 0 Å². The number of rotatable bonds is 8. The Labute approximate surface area is 166 Å². The molecule has 2 heterocycles. The van der Waals surface area contributed by atoms with E-state index < -0.39 is 11.8 Å². The molecule has 2 rings (SSSR count). The number of nitrogens with one attached hydrogen (secondary N) is 2. The van der Waals surface area contributed by atoms with Crippen molar-refractivity contribution in [1.82, 2.24) is 25.3 Å². The van der Waals surface area contributed by atoms with Gasteiger partial charge in [0.2, 0.25) is 0 Å². The predicted molar refractivity (Wildman–Crippen MR) is 110 cm³/mol. The summed E-state index contributed by atoms with van der Waals surface area (Å²) in [7, 11) is 3.86. The van der Waals surface area contributed by atoms with Crippen molar-refractivity contribution in [3.8, 4) is 0 Å². The minimum Gasteiger partial charge on any atom is -0.347 e. The van der Waals surface area contributed by atoms with Gasteiger partial charge in [-0.2, -0.15) is 0 Å². The van der Waals surface area contributed by atoms with Crippen molar-refractivity contribution >= 4 is 23.2 Å². The quantitative estimate of drug-likeness (QED) is 0.632. The van der Waals surface area contributed by atoms with Gasteiger partial charge in [0.15, 0.2) is 0 Å². The van der Waals surface area contributed by atoms with Gasteiger partial charge in [0.05, 0.1) is 6.04 Å². The number of nitrogens with zero attached hydrogens (tertiary/aromatic N) is 3. The molecule has 2 N–H and O–H groups in total. The number of thiophene rings is 1. The third-order valence-electron chi connectivity index (χ3n) is 4.97. The Morgan fingerprint density at radius 2 is 1.93 bits per heavy atom. The molecule has 7 nitrogen and oxygen atoms in total. The van der Waals surface area contributed by atoms with Gasteiger partial charge in [-0.1, -0.05) is 13.0 Å². The Morgan fingerprint density at radius 3 is 2.48 bits per heavy atom. The van der Waals surface area contributed by atoms with Crippen molar-refractivity contribution in [2.24, 2.45) is 0 Å². The summed E-state index contributed by atoms with van der Waals surface area (Å²) in [6.07, 6.45) is 0. The zero-order chi connectivity index (χ0) is 19.8. The Morgan fingerprint density at radius 1 is 1.22 bits per heavy atom.